The maximum Gasteiger partial charge on any atom is 0.323 e. The highest BCUT2D eigenvalue weighted by molar-refractivity contribution is 5.88. The first kappa shape index (κ1) is 15.6. The molecule has 0 spiro atoms. The Bertz CT molecular complexity index is 634. The summed E-state index contributed by atoms with van der Waals surface area (Å²) in [5.41, 5.74) is 1.000. The Morgan fingerprint density at radius 3 is 2.77 bits per heavy atom. The SMILES string of the molecule is C=CCOc1ccc(CN(C)C(=O)Nc2cc(C)on2)cc1. The molecule has 0 saturated carbocycles. The number of rotatable bonds is 6. The number of urea groups is 1. The second kappa shape index (κ2) is 7.31. The molecule has 0 aliphatic heterocycles. The predicted octanol–water partition coefficient (Wildman–Crippen LogP) is 3.21. The van der Waals surface area contributed by atoms with E-state index in [9.17, 15) is 4.79 Å². The van der Waals surface area contributed by atoms with Gasteiger partial charge in [0.05, 0.1) is 0 Å². The largest absolute Gasteiger partial charge is 0.490 e. The summed E-state index contributed by atoms with van der Waals surface area (Å²) in [6, 6.07) is 8.99. The van der Waals surface area contributed by atoms with Crippen molar-refractivity contribution in [3.05, 3.63) is 54.3 Å². The van der Waals surface area contributed by atoms with Gasteiger partial charge >= 0.3 is 6.03 Å². The molecule has 0 aliphatic rings. The van der Waals surface area contributed by atoms with E-state index in [2.05, 4.69) is 17.1 Å². The molecule has 0 atom stereocenters. The van der Waals surface area contributed by atoms with Gasteiger partial charge in [-0.1, -0.05) is 29.9 Å². The molecule has 1 heterocycles. The number of ether oxygens (including phenoxy) is 1. The molecule has 1 N–H and O–H groups in total. The highest BCUT2D eigenvalue weighted by Gasteiger charge is 2.11. The Morgan fingerprint density at radius 2 is 2.18 bits per heavy atom. The Hall–Kier alpha value is -2.76. The van der Waals surface area contributed by atoms with Gasteiger partial charge in [-0.25, -0.2) is 4.79 Å². The first-order valence-electron chi connectivity index (χ1n) is 6.86. The maximum atomic E-state index is 12.0. The molecule has 1 aromatic carbocycles. The molecule has 6 nitrogen and oxygen atoms in total. The molecule has 0 aliphatic carbocycles. The zero-order chi connectivity index (χ0) is 15.9. The summed E-state index contributed by atoms with van der Waals surface area (Å²) in [5, 5.41) is 6.40. The lowest BCUT2D eigenvalue weighted by molar-refractivity contribution is 0.220. The molecule has 2 amide bonds. The van der Waals surface area contributed by atoms with Gasteiger partial charge in [0.1, 0.15) is 18.1 Å². The molecule has 1 aromatic heterocycles. The van der Waals surface area contributed by atoms with Gasteiger partial charge in [-0.05, 0) is 24.6 Å². The number of aryl methyl sites for hydroxylation is 1. The summed E-state index contributed by atoms with van der Waals surface area (Å²) >= 11 is 0. The zero-order valence-electron chi connectivity index (χ0n) is 12.7. The van der Waals surface area contributed by atoms with E-state index in [1.54, 1.807) is 31.0 Å². The number of nitrogens with zero attached hydrogens (tertiary/aromatic N) is 2. The van der Waals surface area contributed by atoms with Crippen LogP contribution < -0.4 is 10.1 Å². The van der Waals surface area contributed by atoms with E-state index >= 15 is 0 Å². The summed E-state index contributed by atoms with van der Waals surface area (Å²) in [6.07, 6.45) is 1.69. The van der Waals surface area contributed by atoms with Crippen LogP contribution in [0.25, 0.3) is 0 Å². The first-order chi connectivity index (χ1) is 10.6. The van der Waals surface area contributed by atoms with Crippen molar-refractivity contribution in [2.45, 2.75) is 13.5 Å². The molecule has 0 fully saturated rings. The lowest BCUT2D eigenvalue weighted by atomic mass is 10.2. The molecular formula is C16H19N3O3. The van der Waals surface area contributed by atoms with Gasteiger partial charge in [-0.3, -0.25) is 5.32 Å². The Labute approximate surface area is 129 Å². The monoisotopic (exact) mass is 301 g/mol. The molecule has 0 bridgehead atoms. The summed E-state index contributed by atoms with van der Waals surface area (Å²) in [4.78, 5) is 13.6. The van der Waals surface area contributed by atoms with E-state index in [0.717, 1.165) is 11.3 Å². The minimum absolute atomic E-state index is 0.250. The zero-order valence-corrected chi connectivity index (χ0v) is 12.7. The van der Waals surface area contributed by atoms with Crippen LogP contribution in [0.15, 0.2) is 47.5 Å². The third-order valence-corrected chi connectivity index (χ3v) is 2.92. The number of hydrogen-bond donors (Lipinski definition) is 1. The van der Waals surface area contributed by atoms with Crippen LogP contribution in [0.5, 0.6) is 5.75 Å². The molecule has 0 saturated heterocycles. The second-order valence-electron chi connectivity index (χ2n) is 4.85. The van der Waals surface area contributed by atoms with Gasteiger partial charge in [0.15, 0.2) is 5.82 Å². The van der Waals surface area contributed by atoms with Gasteiger partial charge in [0, 0.05) is 19.7 Å². The maximum absolute atomic E-state index is 12.0. The van der Waals surface area contributed by atoms with Crippen LogP contribution >= 0.6 is 0 Å². The quantitative estimate of drug-likeness (QED) is 0.832. The summed E-state index contributed by atoms with van der Waals surface area (Å²) in [5.74, 6) is 1.82. The van der Waals surface area contributed by atoms with E-state index in [0.29, 0.717) is 24.7 Å². The highest BCUT2D eigenvalue weighted by atomic mass is 16.5. The number of aromatic nitrogens is 1. The number of nitrogens with one attached hydrogen (secondary N) is 1. The lowest BCUT2D eigenvalue weighted by Gasteiger charge is -2.17. The van der Waals surface area contributed by atoms with Crippen LogP contribution in [0, 0.1) is 6.92 Å². The molecule has 0 radical (unpaired) electrons. The highest BCUT2D eigenvalue weighted by Crippen LogP contribution is 2.14. The Balaban J connectivity index is 1.88. The van der Waals surface area contributed by atoms with Crippen LogP contribution in [0.1, 0.15) is 11.3 Å². The van der Waals surface area contributed by atoms with Gasteiger partial charge in [0.25, 0.3) is 0 Å². The van der Waals surface area contributed by atoms with E-state index in [4.69, 9.17) is 9.26 Å². The molecular weight excluding hydrogens is 282 g/mol. The van der Waals surface area contributed by atoms with Crippen molar-refractivity contribution in [1.29, 1.82) is 0 Å². The van der Waals surface area contributed by atoms with Crippen LogP contribution in [0.3, 0.4) is 0 Å². The van der Waals surface area contributed by atoms with Crippen LogP contribution in [0.4, 0.5) is 10.6 Å². The van der Waals surface area contributed by atoms with Gasteiger partial charge in [-0.15, -0.1) is 0 Å². The van der Waals surface area contributed by atoms with Crippen molar-refractivity contribution >= 4 is 11.8 Å². The van der Waals surface area contributed by atoms with Crippen molar-refractivity contribution in [3.63, 3.8) is 0 Å². The third kappa shape index (κ3) is 4.37. The number of benzene rings is 1. The van der Waals surface area contributed by atoms with E-state index in [1.165, 1.54) is 0 Å². The minimum atomic E-state index is -0.250. The fraction of sp³-hybridized carbons (Fsp3) is 0.250. The Kier molecular flexibility index (Phi) is 5.19. The van der Waals surface area contributed by atoms with Gasteiger partial charge in [-0.2, -0.15) is 0 Å². The standard InChI is InChI=1S/C16H19N3O3/c1-4-9-21-14-7-5-13(6-8-14)11-19(3)16(20)17-15-10-12(2)22-18-15/h4-8,10H,1,9,11H2,2-3H3,(H,17,18,20). The molecule has 116 valence electrons. The topological polar surface area (TPSA) is 67.6 Å². The number of hydrogen-bond acceptors (Lipinski definition) is 4. The normalized spacial score (nSPS) is 10.1. The molecule has 2 rings (SSSR count). The van der Waals surface area contributed by atoms with E-state index in [-0.39, 0.29) is 6.03 Å². The molecule has 22 heavy (non-hydrogen) atoms. The second-order valence-corrected chi connectivity index (χ2v) is 4.85. The molecule has 6 heteroatoms. The molecule has 2 aromatic rings. The third-order valence-electron chi connectivity index (χ3n) is 2.92. The van der Waals surface area contributed by atoms with Crippen molar-refractivity contribution in [1.82, 2.24) is 10.1 Å². The van der Waals surface area contributed by atoms with E-state index in [1.807, 2.05) is 24.3 Å². The average molecular weight is 301 g/mol. The summed E-state index contributed by atoms with van der Waals surface area (Å²) in [6.45, 7) is 6.31. The van der Waals surface area contributed by atoms with Crippen molar-refractivity contribution in [2.75, 3.05) is 19.0 Å². The fourth-order valence-corrected chi connectivity index (χ4v) is 1.82. The fourth-order valence-electron chi connectivity index (χ4n) is 1.82. The van der Waals surface area contributed by atoms with E-state index < -0.39 is 0 Å². The number of anilines is 1. The van der Waals surface area contributed by atoms with Crippen molar-refractivity contribution < 1.29 is 14.1 Å². The minimum Gasteiger partial charge on any atom is -0.490 e. The summed E-state index contributed by atoms with van der Waals surface area (Å²) in [7, 11) is 1.71. The van der Waals surface area contributed by atoms with Crippen LogP contribution in [-0.4, -0.2) is 29.7 Å². The van der Waals surface area contributed by atoms with Crippen molar-refractivity contribution in [2.24, 2.45) is 0 Å². The van der Waals surface area contributed by atoms with Crippen LogP contribution in [-0.2, 0) is 6.54 Å². The van der Waals surface area contributed by atoms with Gasteiger partial charge in [0.2, 0.25) is 0 Å². The number of carbonyl (C=O) groups is 1. The van der Waals surface area contributed by atoms with Crippen LogP contribution in [0.2, 0.25) is 0 Å². The molecule has 0 unspecified atom stereocenters. The number of amides is 2. The average Bonchev–Trinajstić information content (AvgIpc) is 2.91. The summed E-state index contributed by atoms with van der Waals surface area (Å²) < 4.78 is 10.3. The lowest BCUT2D eigenvalue weighted by Crippen LogP contribution is -2.30. The first-order valence-corrected chi connectivity index (χ1v) is 6.86. The Morgan fingerprint density at radius 1 is 1.45 bits per heavy atom. The van der Waals surface area contributed by atoms with Gasteiger partial charge < -0.3 is 14.2 Å². The number of carbonyl (C=O) groups excluding carboxylic acids is 1. The predicted molar refractivity (Wildman–Crippen MR) is 83.9 cm³/mol. The smallest absolute Gasteiger partial charge is 0.323 e. The van der Waals surface area contributed by atoms with Crippen molar-refractivity contribution in [3.8, 4) is 5.75 Å².